The van der Waals surface area contributed by atoms with Crippen molar-refractivity contribution < 1.29 is 4.42 Å². The molecule has 0 aromatic carbocycles. The van der Waals surface area contributed by atoms with Gasteiger partial charge in [0.1, 0.15) is 5.52 Å². The van der Waals surface area contributed by atoms with Crippen LogP contribution in [0.15, 0.2) is 16.7 Å². The number of nitrogens with two attached hydrogens (primary N) is 1. The Kier molecular flexibility index (Phi) is 1.98. The van der Waals surface area contributed by atoms with Gasteiger partial charge in [0, 0.05) is 19.2 Å². The monoisotopic (exact) mass is 177 g/mol. The van der Waals surface area contributed by atoms with Crippen LogP contribution >= 0.6 is 0 Å². The van der Waals surface area contributed by atoms with Crippen LogP contribution in [0.1, 0.15) is 18.4 Å². The van der Waals surface area contributed by atoms with Crippen molar-refractivity contribution in [2.75, 3.05) is 0 Å². The van der Waals surface area contributed by atoms with E-state index in [2.05, 4.69) is 9.97 Å². The van der Waals surface area contributed by atoms with E-state index < -0.39 is 0 Å². The van der Waals surface area contributed by atoms with Gasteiger partial charge in [-0.25, -0.2) is 9.97 Å². The Morgan fingerprint density at radius 1 is 1.54 bits per heavy atom. The average molecular weight is 177 g/mol. The van der Waals surface area contributed by atoms with Crippen LogP contribution in [-0.2, 0) is 13.0 Å². The maximum absolute atomic E-state index is 5.48. The van der Waals surface area contributed by atoms with Gasteiger partial charge >= 0.3 is 0 Å². The summed E-state index contributed by atoms with van der Waals surface area (Å²) in [5.41, 5.74) is 7.84. The number of pyridine rings is 1. The van der Waals surface area contributed by atoms with E-state index in [0.29, 0.717) is 12.3 Å². The van der Waals surface area contributed by atoms with Crippen LogP contribution in [0.4, 0.5) is 0 Å². The van der Waals surface area contributed by atoms with Gasteiger partial charge in [0.15, 0.2) is 5.89 Å². The van der Waals surface area contributed by atoms with E-state index in [4.69, 9.17) is 10.2 Å². The number of rotatable bonds is 2. The SMILES string of the molecule is CCc1nc2cc(CN)cnc2o1. The molecule has 0 saturated heterocycles. The molecule has 68 valence electrons. The van der Waals surface area contributed by atoms with Gasteiger partial charge in [-0.15, -0.1) is 0 Å². The minimum atomic E-state index is 0.483. The lowest BCUT2D eigenvalue weighted by molar-refractivity contribution is 0.529. The highest BCUT2D eigenvalue weighted by Gasteiger charge is 2.04. The van der Waals surface area contributed by atoms with Crippen LogP contribution in [0.25, 0.3) is 11.2 Å². The summed E-state index contributed by atoms with van der Waals surface area (Å²) in [6.07, 6.45) is 2.50. The van der Waals surface area contributed by atoms with E-state index >= 15 is 0 Å². The third-order valence-corrected chi connectivity index (χ3v) is 1.89. The first-order valence-corrected chi connectivity index (χ1v) is 4.28. The van der Waals surface area contributed by atoms with Gasteiger partial charge in [-0.05, 0) is 11.6 Å². The van der Waals surface area contributed by atoms with Crippen molar-refractivity contribution in [3.8, 4) is 0 Å². The van der Waals surface area contributed by atoms with Crippen molar-refractivity contribution in [2.45, 2.75) is 19.9 Å². The van der Waals surface area contributed by atoms with Crippen molar-refractivity contribution in [1.82, 2.24) is 9.97 Å². The minimum absolute atomic E-state index is 0.483. The van der Waals surface area contributed by atoms with Gasteiger partial charge in [0.2, 0.25) is 5.71 Å². The van der Waals surface area contributed by atoms with Crippen molar-refractivity contribution in [3.63, 3.8) is 0 Å². The number of aromatic nitrogens is 2. The Morgan fingerprint density at radius 3 is 3.08 bits per heavy atom. The van der Waals surface area contributed by atoms with Crippen molar-refractivity contribution >= 4 is 11.2 Å². The van der Waals surface area contributed by atoms with Gasteiger partial charge < -0.3 is 10.2 Å². The Hall–Kier alpha value is -1.42. The molecule has 0 bridgehead atoms. The molecular formula is C9H11N3O. The second-order valence-electron chi connectivity index (χ2n) is 2.83. The minimum Gasteiger partial charge on any atom is -0.422 e. The summed E-state index contributed by atoms with van der Waals surface area (Å²) >= 11 is 0. The van der Waals surface area contributed by atoms with Crippen molar-refractivity contribution in [3.05, 3.63) is 23.7 Å². The largest absolute Gasteiger partial charge is 0.422 e. The lowest BCUT2D eigenvalue weighted by Gasteiger charge is -1.91. The van der Waals surface area contributed by atoms with E-state index in [-0.39, 0.29) is 0 Å². The summed E-state index contributed by atoms with van der Waals surface area (Å²) in [4.78, 5) is 8.37. The van der Waals surface area contributed by atoms with Crippen LogP contribution < -0.4 is 5.73 Å². The summed E-state index contributed by atoms with van der Waals surface area (Å²) in [6, 6.07) is 1.91. The smallest absolute Gasteiger partial charge is 0.246 e. The maximum atomic E-state index is 5.48. The molecule has 2 rings (SSSR count). The molecule has 0 aliphatic rings. The van der Waals surface area contributed by atoms with Gasteiger partial charge in [0.05, 0.1) is 0 Å². The molecule has 4 nitrogen and oxygen atoms in total. The van der Waals surface area contributed by atoms with E-state index in [1.165, 1.54) is 0 Å². The van der Waals surface area contributed by atoms with Gasteiger partial charge in [-0.2, -0.15) is 0 Å². The number of nitrogens with zero attached hydrogens (tertiary/aromatic N) is 2. The molecule has 0 aliphatic heterocycles. The molecule has 2 heterocycles. The number of aryl methyl sites for hydroxylation is 1. The van der Waals surface area contributed by atoms with Crippen LogP contribution in [-0.4, -0.2) is 9.97 Å². The second kappa shape index (κ2) is 3.14. The average Bonchev–Trinajstić information content (AvgIpc) is 2.58. The summed E-state index contributed by atoms with van der Waals surface area (Å²) in [5.74, 6) is 0.719. The topological polar surface area (TPSA) is 64.9 Å². The summed E-state index contributed by atoms with van der Waals surface area (Å²) in [5, 5.41) is 0. The first-order valence-electron chi connectivity index (χ1n) is 4.28. The molecule has 0 amide bonds. The molecule has 0 fully saturated rings. The van der Waals surface area contributed by atoms with E-state index in [1.54, 1.807) is 6.20 Å². The summed E-state index contributed by atoms with van der Waals surface area (Å²) in [6.45, 7) is 2.48. The van der Waals surface area contributed by atoms with Crippen molar-refractivity contribution in [2.24, 2.45) is 5.73 Å². The van der Waals surface area contributed by atoms with Gasteiger partial charge in [-0.1, -0.05) is 6.92 Å². The molecule has 0 aliphatic carbocycles. The molecule has 0 unspecified atom stereocenters. The fourth-order valence-corrected chi connectivity index (χ4v) is 1.17. The highest BCUT2D eigenvalue weighted by atomic mass is 16.4. The molecule has 0 spiro atoms. The van der Waals surface area contributed by atoms with E-state index in [9.17, 15) is 0 Å². The predicted molar refractivity (Wildman–Crippen MR) is 49.1 cm³/mol. The molecule has 2 aromatic rings. The fraction of sp³-hybridized carbons (Fsp3) is 0.333. The Balaban J connectivity index is 2.57. The number of hydrogen-bond acceptors (Lipinski definition) is 4. The molecule has 2 aromatic heterocycles. The van der Waals surface area contributed by atoms with Crippen LogP contribution in [0.2, 0.25) is 0 Å². The normalized spacial score (nSPS) is 10.9. The zero-order valence-electron chi connectivity index (χ0n) is 7.45. The Bertz CT molecular complexity index is 420. The Morgan fingerprint density at radius 2 is 2.38 bits per heavy atom. The van der Waals surface area contributed by atoms with Crippen molar-refractivity contribution in [1.29, 1.82) is 0 Å². The summed E-state index contributed by atoms with van der Waals surface area (Å²) in [7, 11) is 0. The zero-order valence-corrected chi connectivity index (χ0v) is 7.45. The van der Waals surface area contributed by atoms with E-state index in [0.717, 1.165) is 23.4 Å². The summed E-state index contributed by atoms with van der Waals surface area (Å²) < 4.78 is 5.35. The zero-order chi connectivity index (χ0) is 9.26. The van der Waals surface area contributed by atoms with Crippen LogP contribution in [0.5, 0.6) is 0 Å². The third-order valence-electron chi connectivity index (χ3n) is 1.89. The number of oxazole rings is 1. The van der Waals surface area contributed by atoms with Gasteiger partial charge in [0.25, 0.3) is 0 Å². The second-order valence-corrected chi connectivity index (χ2v) is 2.83. The Labute approximate surface area is 75.8 Å². The molecular weight excluding hydrogens is 166 g/mol. The quantitative estimate of drug-likeness (QED) is 0.749. The molecule has 4 heteroatoms. The van der Waals surface area contributed by atoms with E-state index in [1.807, 2.05) is 13.0 Å². The molecule has 13 heavy (non-hydrogen) atoms. The predicted octanol–water partition coefficient (Wildman–Crippen LogP) is 1.24. The molecule has 0 radical (unpaired) electrons. The fourth-order valence-electron chi connectivity index (χ4n) is 1.17. The lowest BCUT2D eigenvalue weighted by Crippen LogP contribution is -1.96. The number of fused-ring (bicyclic) bond motifs is 1. The molecule has 0 saturated carbocycles. The lowest BCUT2D eigenvalue weighted by atomic mass is 10.3. The highest BCUT2D eigenvalue weighted by molar-refractivity contribution is 5.68. The standard InChI is InChI=1S/C9H11N3O/c1-2-8-12-7-3-6(4-10)5-11-9(7)13-8/h3,5H,2,4,10H2,1H3. The first kappa shape index (κ1) is 8.19. The molecule has 2 N–H and O–H groups in total. The first-order chi connectivity index (χ1) is 6.33. The van der Waals surface area contributed by atoms with Gasteiger partial charge in [-0.3, -0.25) is 0 Å². The number of hydrogen-bond donors (Lipinski definition) is 1. The van der Waals surface area contributed by atoms with Crippen LogP contribution in [0.3, 0.4) is 0 Å². The maximum Gasteiger partial charge on any atom is 0.246 e. The van der Waals surface area contributed by atoms with Crippen LogP contribution in [0, 0.1) is 0 Å². The third kappa shape index (κ3) is 1.40. The molecule has 0 atom stereocenters. The highest BCUT2D eigenvalue weighted by Crippen LogP contribution is 2.14.